The zero-order chi connectivity index (χ0) is 27.1. The normalized spacial score (nSPS) is 10.6. The van der Waals surface area contributed by atoms with Gasteiger partial charge in [0.05, 0.1) is 0 Å². The van der Waals surface area contributed by atoms with Crippen molar-refractivity contribution in [1.29, 1.82) is 0 Å². The quantitative estimate of drug-likeness (QED) is 0.102. The first kappa shape index (κ1) is 29.2. The minimum Gasteiger partial charge on any atom is -0.490 e. The third kappa shape index (κ3) is 11.8. The molecule has 4 nitrogen and oxygen atoms in total. The van der Waals surface area contributed by atoms with Gasteiger partial charge in [0.2, 0.25) is 7.14 Å². The van der Waals surface area contributed by atoms with E-state index in [1.54, 1.807) is 0 Å². The lowest BCUT2D eigenvalue weighted by Crippen LogP contribution is -3.61. The molecule has 4 rings (SSSR count). The Hall–Kier alpha value is -3.41. The average Bonchev–Trinajstić information content (AvgIpc) is 2.91. The molecule has 0 bridgehead atoms. The van der Waals surface area contributed by atoms with E-state index in [4.69, 9.17) is 18.9 Å². The van der Waals surface area contributed by atoms with Crippen LogP contribution in [0.25, 0.3) is 0 Å². The lowest BCUT2D eigenvalue weighted by atomic mass is 10.3. The highest BCUT2D eigenvalue weighted by molar-refractivity contribution is 6.50. The van der Waals surface area contributed by atoms with E-state index >= 15 is 0 Å². The van der Waals surface area contributed by atoms with E-state index in [0.29, 0.717) is 26.4 Å². The molecule has 0 unspecified atom stereocenters. The molecule has 4 aromatic carbocycles. The highest BCUT2D eigenvalue weighted by Gasteiger charge is 2.25. The molecular formula is C28H26BF4IO4. The van der Waals surface area contributed by atoms with Crippen molar-refractivity contribution in [2.24, 2.45) is 0 Å². The molecule has 0 fully saturated rings. The fourth-order valence-corrected chi connectivity index (χ4v) is 5.65. The van der Waals surface area contributed by atoms with Crippen molar-refractivity contribution in [3.05, 3.63) is 116 Å². The smallest absolute Gasteiger partial charge is 0.490 e. The first-order chi connectivity index (χ1) is 18.4. The van der Waals surface area contributed by atoms with Crippen molar-refractivity contribution in [3.8, 4) is 23.0 Å². The maximum absolute atomic E-state index is 9.75. The van der Waals surface area contributed by atoms with Gasteiger partial charge in [-0.3, -0.25) is 0 Å². The van der Waals surface area contributed by atoms with Gasteiger partial charge in [0.15, 0.2) is 11.5 Å². The molecule has 0 aliphatic rings. The van der Waals surface area contributed by atoms with E-state index in [-0.39, 0.29) is 0 Å². The number of rotatable bonds is 12. The van der Waals surface area contributed by atoms with Gasteiger partial charge in [-0.05, 0) is 48.5 Å². The van der Waals surface area contributed by atoms with Crippen LogP contribution in [-0.2, 0) is 0 Å². The third-order valence-electron chi connectivity index (χ3n) is 4.58. The molecule has 0 radical (unpaired) electrons. The number of ether oxygens (including phenoxy) is 4. The van der Waals surface area contributed by atoms with Crippen LogP contribution in [-0.4, -0.2) is 33.7 Å². The average molecular weight is 640 g/mol. The molecule has 0 aliphatic heterocycles. The van der Waals surface area contributed by atoms with Crippen molar-refractivity contribution in [1.82, 2.24) is 0 Å². The predicted molar refractivity (Wildman–Crippen MR) is 135 cm³/mol. The van der Waals surface area contributed by atoms with Gasteiger partial charge in [-0.15, -0.1) is 0 Å². The molecule has 4 aromatic rings. The van der Waals surface area contributed by atoms with Gasteiger partial charge in [0, 0.05) is 0 Å². The molecule has 0 saturated heterocycles. The van der Waals surface area contributed by atoms with Gasteiger partial charge in [-0.25, -0.2) is 0 Å². The first-order valence-corrected chi connectivity index (χ1v) is 13.9. The van der Waals surface area contributed by atoms with Crippen LogP contribution in [0, 0.1) is 7.14 Å². The van der Waals surface area contributed by atoms with Gasteiger partial charge < -0.3 is 36.2 Å². The van der Waals surface area contributed by atoms with Gasteiger partial charge in [-0.2, -0.15) is 0 Å². The van der Waals surface area contributed by atoms with Crippen molar-refractivity contribution in [3.63, 3.8) is 0 Å². The molecule has 0 atom stereocenters. The number of halogens is 5. The van der Waals surface area contributed by atoms with Gasteiger partial charge in [0.25, 0.3) is 0 Å². The lowest BCUT2D eigenvalue weighted by Gasteiger charge is -2.09. The largest absolute Gasteiger partial charge is 0.673 e. The number of hydrogen-bond acceptors (Lipinski definition) is 4. The molecule has 0 aliphatic carbocycles. The highest BCUT2D eigenvalue weighted by atomic mass is 127. The Morgan fingerprint density at radius 2 is 0.763 bits per heavy atom. The topological polar surface area (TPSA) is 36.9 Å². The summed E-state index contributed by atoms with van der Waals surface area (Å²) in [6.07, 6.45) is 0. The van der Waals surface area contributed by atoms with Crippen LogP contribution < -0.4 is 40.2 Å². The van der Waals surface area contributed by atoms with Crippen LogP contribution in [0.3, 0.4) is 0 Å². The van der Waals surface area contributed by atoms with Crippen LogP contribution in [0.5, 0.6) is 23.0 Å². The summed E-state index contributed by atoms with van der Waals surface area (Å²) in [5.74, 6) is 3.52. The minimum atomic E-state index is -6.00. The zero-order valence-electron chi connectivity index (χ0n) is 20.3. The second kappa shape index (κ2) is 15.8. The summed E-state index contributed by atoms with van der Waals surface area (Å²) in [6, 6.07) is 36.0. The Bertz CT molecular complexity index is 1120. The van der Waals surface area contributed by atoms with E-state index in [1.807, 2.05) is 84.9 Å². The molecular weight excluding hydrogens is 614 g/mol. The van der Waals surface area contributed by atoms with E-state index in [9.17, 15) is 17.3 Å². The summed E-state index contributed by atoms with van der Waals surface area (Å²) in [5, 5.41) is 0. The highest BCUT2D eigenvalue weighted by Crippen LogP contribution is 2.13. The SMILES string of the molecule is F[B-](F)(F)F.c1ccc(OCCOc2ccccc2[I+]c2ccccc2OCCOc2ccccc2)cc1. The predicted octanol–water partition coefficient (Wildman–Crippen LogP) is 4.03. The first-order valence-electron chi connectivity index (χ1n) is 11.7. The summed E-state index contributed by atoms with van der Waals surface area (Å²) >= 11 is -0.480. The molecule has 0 aromatic heterocycles. The second-order valence-corrected chi connectivity index (χ2v) is 10.3. The summed E-state index contributed by atoms with van der Waals surface area (Å²) in [7, 11) is -6.00. The van der Waals surface area contributed by atoms with Gasteiger partial charge in [-0.1, -0.05) is 60.7 Å². The van der Waals surface area contributed by atoms with Crippen LogP contribution in [0.4, 0.5) is 17.3 Å². The summed E-state index contributed by atoms with van der Waals surface area (Å²) in [5.41, 5.74) is 0. The number of benzene rings is 4. The van der Waals surface area contributed by atoms with Gasteiger partial charge >= 0.3 is 28.5 Å². The van der Waals surface area contributed by atoms with Crippen molar-refractivity contribution < 1.29 is 57.4 Å². The monoisotopic (exact) mass is 640 g/mol. The molecule has 0 amide bonds. The fourth-order valence-electron chi connectivity index (χ4n) is 3.05. The summed E-state index contributed by atoms with van der Waals surface area (Å²) in [4.78, 5) is 0. The Kier molecular flexibility index (Phi) is 12.1. The van der Waals surface area contributed by atoms with E-state index in [1.165, 1.54) is 7.14 Å². The van der Waals surface area contributed by atoms with Crippen LogP contribution in [0.15, 0.2) is 109 Å². The number of para-hydroxylation sites is 4. The van der Waals surface area contributed by atoms with Crippen LogP contribution in [0.1, 0.15) is 0 Å². The van der Waals surface area contributed by atoms with E-state index in [0.717, 1.165) is 23.0 Å². The molecule has 0 spiro atoms. The lowest BCUT2D eigenvalue weighted by molar-refractivity contribution is -0.599. The molecule has 38 heavy (non-hydrogen) atoms. The Morgan fingerprint density at radius 3 is 1.16 bits per heavy atom. The maximum atomic E-state index is 9.75. The number of hydrogen-bond donors (Lipinski definition) is 0. The minimum absolute atomic E-state index is 0.480. The summed E-state index contributed by atoms with van der Waals surface area (Å²) < 4.78 is 65.0. The van der Waals surface area contributed by atoms with Crippen molar-refractivity contribution in [2.75, 3.05) is 26.4 Å². The second-order valence-electron chi connectivity index (χ2n) is 7.47. The van der Waals surface area contributed by atoms with Crippen molar-refractivity contribution >= 4 is 7.25 Å². The molecule has 0 saturated carbocycles. The molecule has 0 N–H and O–H groups in total. The van der Waals surface area contributed by atoms with E-state index in [2.05, 4.69) is 24.3 Å². The summed E-state index contributed by atoms with van der Waals surface area (Å²) in [6.45, 7) is 1.98. The Morgan fingerprint density at radius 1 is 0.447 bits per heavy atom. The third-order valence-corrected chi connectivity index (χ3v) is 7.53. The maximum Gasteiger partial charge on any atom is 0.673 e. The van der Waals surface area contributed by atoms with Crippen molar-refractivity contribution in [2.45, 2.75) is 0 Å². The standard InChI is InChI=1S/C28H26IO4.BF4/c1-3-11-23(12-4-1)30-19-21-32-27-17-9-7-15-25(27)29-26-16-8-10-18-28(26)33-22-20-31-24-13-5-2-6-14-24;2-1(3,4)5/h1-18H,19-22H2;/q+1;-1. The van der Waals surface area contributed by atoms with E-state index < -0.39 is 28.5 Å². The molecule has 200 valence electrons. The zero-order valence-corrected chi connectivity index (χ0v) is 22.5. The fraction of sp³-hybridized carbons (Fsp3) is 0.143. The molecule has 0 heterocycles. The van der Waals surface area contributed by atoms with Gasteiger partial charge in [0.1, 0.15) is 37.9 Å². The van der Waals surface area contributed by atoms with Crippen LogP contribution >= 0.6 is 0 Å². The molecule has 10 heteroatoms. The Labute approximate surface area is 229 Å². The Balaban J connectivity index is 0.000000732. The van der Waals surface area contributed by atoms with Crippen LogP contribution in [0.2, 0.25) is 0 Å².